The molecule has 0 bridgehead atoms. The summed E-state index contributed by atoms with van der Waals surface area (Å²) in [6.45, 7) is 0. The summed E-state index contributed by atoms with van der Waals surface area (Å²) in [5.74, 6) is 1.83. The minimum Gasteiger partial charge on any atom is -0.457 e. The third-order valence-corrected chi connectivity index (χ3v) is 7.50. The van der Waals surface area contributed by atoms with Crippen LogP contribution < -0.4 is 4.74 Å². The molecule has 1 aliphatic heterocycles. The summed E-state index contributed by atoms with van der Waals surface area (Å²) >= 11 is 3.75. The second kappa shape index (κ2) is 6.94. The number of hydrogen-bond acceptors (Lipinski definition) is 1. The average molecular weight is 487 g/mol. The minimum atomic E-state index is -0.422. The Morgan fingerprint density at radius 2 is 1.18 bits per heavy atom. The van der Waals surface area contributed by atoms with Gasteiger partial charge in [-0.05, 0) is 57.6 Å². The Morgan fingerprint density at radius 3 is 2.06 bits per heavy atom. The Labute approximate surface area is 201 Å². The molecule has 0 N–H and O–H groups in total. The SMILES string of the molecule is Brc1ccc2c(c1)C1(c3ccccc3Oc3cc(-c4ccccc4)ccc31)c1ccccc1-2. The molecule has 33 heavy (non-hydrogen) atoms. The Hall–Kier alpha value is -3.62. The molecule has 2 heteroatoms. The van der Waals surface area contributed by atoms with E-state index < -0.39 is 5.41 Å². The van der Waals surface area contributed by atoms with E-state index in [9.17, 15) is 0 Å². The molecular formula is C31H19BrO. The molecule has 156 valence electrons. The van der Waals surface area contributed by atoms with Crippen molar-refractivity contribution in [2.45, 2.75) is 5.41 Å². The first-order valence-electron chi connectivity index (χ1n) is 11.1. The summed E-state index contributed by atoms with van der Waals surface area (Å²) in [6, 6.07) is 41.1. The topological polar surface area (TPSA) is 9.23 Å². The van der Waals surface area contributed by atoms with Crippen LogP contribution in [0.3, 0.4) is 0 Å². The van der Waals surface area contributed by atoms with Crippen LogP contribution in [0, 0.1) is 0 Å². The van der Waals surface area contributed by atoms with Crippen molar-refractivity contribution in [3.8, 4) is 33.8 Å². The Morgan fingerprint density at radius 1 is 0.485 bits per heavy atom. The highest BCUT2D eigenvalue weighted by molar-refractivity contribution is 9.10. The molecule has 1 atom stereocenters. The van der Waals surface area contributed by atoms with Crippen molar-refractivity contribution in [3.05, 3.63) is 142 Å². The number of fused-ring (bicyclic) bond motifs is 9. The first kappa shape index (κ1) is 18.9. The second-order valence-electron chi connectivity index (χ2n) is 8.66. The minimum absolute atomic E-state index is 0.422. The number of para-hydroxylation sites is 1. The van der Waals surface area contributed by atoms with Gasteiger partial charge >= 0.3 is 0 Å². The number of benzene rings is 5. The van der Waals surface area contributed by atoms with Gasteiger partial charge in [-0.1, -0.05) is 107 Å². The fourth-order valence-electron chi connectivity index (χ4n) is 5.69. The van der Waals surface area contributed by atoms with E-state index in [4.69, 9.17) is 4.74 Å². The van der Waals surface area contributed by atoms with Gasteiger partial charge in [0.05, 0.1) is 5.41 Å². The maximum Gasteiger partial charge on any atom is 0.132 e. The maximum atomic E-state index is 6.57. The van der Waals surface area contributed by atoms with E-state index in [-0.39, 0.29) is 0 Å². The van der Waals surface area contributed by atoms with Crippen molar-refractivity contribution < 1.29 is 4.74 Å². The standard InChI is InChI=1S/C31H19BrO/c32-22-15-16-24-23-10-4-5-11-25(23)31(28(24)19-22)26-12-6-7-13-29(26)33-30-18-21(14-17-27(30)31)20-8-2-1-3-9-20/h1-19H. The van der Waals surface area contributed by atoms with Gasteiger partial charge in [0.1, 0.15) is 11.5 Å². The van der Waals surface area contributed by atoms with E-state index in [1.807, 2.05) is 6.07 Å². The zero-order chi connectivity index (χ0) is 22.0. The Bertz CT molecular complexity index is 1550. The summed E-state index contributed by atoms with van der Waals surface area (Å²) in [4.78, 5) is 0. The van der Waals surface area contributed by atoms with Crippen molar-refractivity contribution in [1.29, 1.82) is 0 Å². The zero-order valence-corrected chi connectivity index (χ0v) is 19.3. The molecule has 0 aromatic heterocycles. The van der Waals surface area contributed by atoms with Crippen LogP contribution in [0.2, 0.25) is 0 Å². The van der Waals surface area contributed by atoms with Crippen LogP contribution in [0.4, 0.5) is 0 Å². The fourth-order valence-corrected chi connectivity index (χ4v) is 6.05. The second-order valence-corrected chi connectivity index (χ2v) is 9.58. The summed E-state index contributed by atoms with van der Waals surface area (Å²) in [5, 5.41) is 0. The van der Waals surface area contributed by atoms with Gasteiger partial charge in [0.2, 0.25) is 0 Å². The van der Waals surface area contributed by atoms with Crippen LogP contribution in [0.25, 0.3) is 22.3 Å². The summed E-state index contributed by atoms with van der Waals surface area (Å²) < 4.78 is 7.66. The van der Waals surface area contributed by atoms with Crippen LogP contribution >= 0.6 is 15.9 Å². The maximum absolute atomic E-state index is 6.57. The summed E-state index contributed by atoms with van der Waals surface area (Å²) in [7, 11) is 0. The van der Waals surface area contributed by atoms with E-state index in [0.29, 0.717) is 0 Å². The predicted octanol–water partition coefficient (Wildman–Crippen LogP) is 8.58. The summed E-state index contributed by atoms with van der Waals surface area (Å²) in [6.07, 6.45) is 0. The molecule has 1 aliphatic carbocycles. The normalized spacial score (nSPS) is 17.0. The molecule has 5 aromatic carbocycles. The van der Waals surface area contributed by atoms with Gasteiger partial charge in [0.15, 0.2) is 0 Å². The van der Waals surface area contributed by atoms with Crippen molar-refractivity contribution in [2.24, 2.45) is 0 Å². The third kappa shape index (κ3) is 2.53. The average Bonchev–Trinajstić information content (AvgIpc) is 3.15. The van der Waals surface area contributed by atoms with Gasteiger partial charge in [-0.3, -0.25) is 0 Å². The van der Waals surface area contributed by atoms with Crippen molar-refractivity contribution >= 4 is 15.9 Å². The molecule has 1 unspecified atom stereocenters. The Balaban J connectivity index is 1.61. The predicted molar refractivity (Wildman–Crippen MR) is 137 cm³/mol. The lowest BCUT2D eigenvalue weighted by molar-refractivity contribution is 0.436. The van der Waals surface area contributed by atoms with E-state index in [1.165, 1.54) is 38.9 Å². The molecule has 0 radical (unpaired) electrons. The monoisotopic (exact) mass is 486 g/mol. The van der Waals surface area contributed by atoms with Crippen molar-refractivity contribution in [2.75, 3.05) is 0 Å². The molecule has 1 heterocycles. The molecule has 5 aromatic rings. The van der Waals surface area contributed by atoms with Crippen molar-refractivity contribution in [1.82, 2.24) is 0 Å². The van der Waals surface area contributed by atoms with Gasteiger partial charge in [0.25, 0.3) is 0 Å². The molecule has 0 amide bonds. The highest BCUT2D eigenvalue weighted by atomic mass is 79.9. The third-order valence-electron chi connectivity index (χ3n) is 7.01. The zero-order valence-electron chi connectivity index (χ0n) is 17.8. The van der Waals surface area contributed by atoms with E-state index in [0.717, 1.165) is 21.5 Å². The van der Waals surface area contributed by atoms with E-state index in [1.54, 1.807) is 0 Å². The lowest BCUT2D eigenvalue weighted by Crippen LogP contribution is -2.32. The molecule has 2 aliphatic rings. The highest BCUT2D eigenvalue weighted by Crippen LogP contribution is 2.62. The smallest absolute Gasteiger partial charge is 0.132 e. The van der Waals surface area contributed by atoms with Gasteiger partial charge < -0.3 is 4.74 Å². The molecule has 1 spiro atoms. The van der Waals surface area contributed by atoms with Gasteiger partial charge in [-0.2, -0.15) is 0 Å². The molecule has 1 nitrogen and oxygen atoms in total. The van der Waals surface area contributed by atoms with Crippen molar-refractivity contribution in [3.63, 3.8) is 0 Å². The first-order chi connectivity index (χ1) is 16.3. The van der Waals surface area contributed by atoms with Crippen LogP contribution in [-0.4, -0.2) is 0 Å². The van der Waals surface area contributed by atoms with E-state index >= 15 is 0 Å². The summed E-state index contributed by atoms with van der Waals surface area (Å²) in [5.41, 5.74) is 9.47. The molecule has 0 saturated carbocycles. The first-order valence-corrected chi connectivity index (χ1v) is 11.9. The molecular weight excluding hydrogens is 468 g/mol. The van der Waals surface area contributed by atoms with Crippen LogP contribution in [0.15, 0.2) is 120 Å². The Kier molecular flexibility index (Phi) is 3.97. The van der Waals surface area contributed by atoms with Gasteiger partial charge in [-0.15, -0.1) is 0 Å². The molecule has 0 saturated heterocycles. The largest absolute Gasteiger partial charge is 0.457 e. The van der Waals surface area contributed by atoms with Crippen LogP contribution in [0.1, 0.15) is 22.3 Å². The van der Waals surface area contributed by atoms with Gasteiger partial charge in [-0.25, -0.2) is 0 Å². The quantitative estimate of drug-likeness (QED) is 0.225. The lowest BCUT2D eigenvalue weighted by atomic mass is 9.66. The molecule has 7 rings (SSSR count). The number of halogens is 1. The highest BCUT2D eigenvalue weighted by Gasteiger charge is 2.51. The molecule has 0 fully saturated rings. The number of hydrogen-bond donors (Lipinski definition) is 0. The lowest BCUT2D eigenvalue weighted by Gasteiger charge is -2.39. The van der Waals surface area contributed by atoms with Crippen LogP contribution in [0.5, 0.6) is 11.5 Å². The van der Waals surface area contributed by atoms with Crippen LogP contribution in [-0.2, 0) is 5.41 Å². The number of ether oxygens (including phenoxy) is 1. The number of rotatable bonds is 1. The van der Waals surface area contributed by atoms with Gasteiger partial charge in [0, 0.05) is 15.6 Å². The fraction of sp³-hybridized carbons (Fsp3) is 0.0323. The van der Waals surface area contributed by atoms with E-state index in [2.05, 4.69) is 125 Å².